The lowest BCUT2D eigenvalue weighted by molar-refractivity contribution is 0.0603. The SMILES string of the molecule is COC(=O)c1cccc2c1c1c(O)cc(C)cc1n2Cc1ccccc1F. The van der Waals surface area contributed by atoms with Gasteiger partial charge in [-0.05, 0) is 42.8 Å². The zero-order chi connectivity index (χ0) is 19.1. The zero-order valence-electron chi connectivity index (χ0n) is 15.0. The molecule has 0 spiro atoms. The Kier molecular flexibility index (Phi) is 4.07. The van der Waals surface area contributed by atoms with Gasteiger partial charge in [0.15, 0.2) is 0 Å². The molecule has 0 saturated heterocycles. The van der Waals surface area contributed by atoms with Crippen molar-refractivity contribution < 1.29 is 19.0 Å². The van der Waals surface area contributed by atoms with Crippen LogP contribution >= 0.6 is 0 Å². The van der Waals surface area contributed by atoms with Crippen molar-refractivity contribution in [2.75, 3.05) is 7.11 Å². The number of methoxy groups -OCH3 is 1. The first-order valence-electron chi connectivity index (χ1n) is 8.57. The van der Waals surface area contributed by atoms with Crippen molar-refractivity contribution >= 4 is 27.8 Å². The molecule has 0 aliphatic heterocycles. The Balaban J connectivity index is 2.11. The van der Waals surface area contributed by atoms with Crippen LogP contribution in [0, 0.1) is 12.7 Å². The van der Waals surface area contributed by atoms with Crippen LogP contribution in [0.1, 0.15) is 21.5 Å². The van der Waals surface area contributed by atoms with Crippen molar-refractivity contribution in [1.29, 1.82) is 0 Å². The molecule has 0 atom stereocenters. The van der Waals surface area contributed by atoms with Crippen LogP contribution in [0.3, 0.4) is 0 Å². The highest BCUT2D eigenvalue weighted by Crippen LogP contribution is 2.38. The van der Waals surface area contributed by atoms with Gasteiger partial charge in [0.1, 0.15) is 11.6 Å². The van der Waals surface area contributed by atoms with E-state index in [0.29, 0.717) is 21.9 Å². The average Bonchev–Trinajstić information content (AvgIpc) is 2.96. The molecule has 4 rings (SSSR count). The molecule has 136 valence electrons. The number of phenols is 1. The summed E-state index contributed by atoms with van der Waals surface area (Å²) in [4.78, 5) is 12.3. The summed E-state index contributed by atoms with van der Waals surface area (Å²) >= 11 is 0. The van der Waals surface area contributed by atoms with Crippen LogP contribution in [0.2, 0.25) is 0 Å². The van der Waals surface area contributed by atoms with Crippen molar-refractivity contribution in [1.82, 2.24) is 4.57 Å². The molecule has 1 N–H and O–H groups in total. The maximum absolute atomic E-state index is 14.3. The van der Waals surface area contributed by atoms with E-state index in [-0.39, 0.29) is 18.1 Å². The smallest absolute Gasteiger partial charge is 0.338 e. The summed E-state index contributed by atoms with van der Waals surface area (Å²) in [6, 6.07) is 15.5. The molecule has 5 heteroatoms. The monoisotopic (exact) mass is 363 g/mol. The summed E-state index contributed by atoms with van der Waals surface area (Å²) in [5.41, 5.74) is 3.24. The van der Waals surface area contributed by atoms with Crippen molar-refractivity contribution in [3.8, 4) is 5.75 Å². The van der Waals surface area contributed by atoms with E-state index in [1.54, 1.807) is 36.4 Å². The molecule has 0 amide bonds. The van der Waals surface area contributed by atoms with Gasteiger partial charge in [-0.2, -0.15) is 0 Å². The lowest BCUT2D eigenvalue weighted by Gasteiger charge is -2.09. The Morgan fingerprint density at radius 3 is 2.59 bits per heavy atom. The number of benzene rings is 3. The van der Waals surface area contributed by atoms with Crippen molar-refractivity contribution in [3.63, 3.8) is 0 Å². The molecule has 0 unspecified atom stereocenters. The average molecular weight is 363 g/mol. The summed E-state index contributed by atoms with van der Waals surface area (Å²) in [5, 5.41) is 11.8. The molecule has 0 bridgehead atoms. The van der Waals surface area contributed by atoms with Crippen LogP contribution in [0.5, 0.6) is 5.75 Å². The summed E-state index contributed by atoms with van der Waals surface area (Å²) in [5.74, 6) is -0.697. The maximum atomic E-state index is 14.3. The highest BCUT2D eigenvalue weighted by atomic mass is 19.1. The number of carbonyl (C=O) groups is 1. The fraction of sp³-hybridized carbons (Fsp3) is 0.136. The second-order valence-corrected chi connectivity index (χ2v) is 6.55. The molecule has 4 nitrogen and oxygen atoms in total. The molecule has 0 aliphatic carbocycles. The Bertz CT molecular complexity index is 1190. The lowest BCUT2D eigenvalue weighted by Crippen LogP contribution is -2.03. The highest BCUT2D eigenvalue weighted by molar-refractivity contribution is 6.19. The van der Waals surface area contributed by atoms with Gasteiger partial charge in [-0.15, -0.1) is 0 Å². The van der Waals surface area contributed by atoms with Gasteiger partial charge in [-0.25, -0.2) is 9.18 Å². The summed E-state index contributed by atoms with van der Waals surface area (Å²) in [6.45, 7) is 2.16. The van der Waals surface area contributed by atoms with Gasteiger partial charge in [0.05, 0.1) is 35.6 Å². The Morgan fingerprint density at radius 2 is 1.85 bits per heavy atom. The molecule has 0 radical (unpaired) electrons. The van der Waals surface area contributed by atoms with E-state index in [4.69, 9.17) is 4.74 Å². The second kappa shape index (κ2) is 6.43. The second-order valence-electron chi connectivity index (χ2n) is 6.55. The molecule has 0 aliphatic rings. The number of phenolic OH excluding ortho intramolecular Hbond substituents is 1. The molecule has 1 heterocycles. The number of hydrogen-bond donors (Lipinski definition) is 1. The van der Waals surface area contributed by atoms with E-state index in [1.807, 2.05) is 23.6 Å². The lowest BCUT2D eigenvalue weighted by atomic mass is 10.0. The van der Waals surface area contributed by atoms with Gasteiger partial charge in [-0.3, -0.25) is 0 Å². The van der Waals surface area contributed by atoms with Crippen molar-refractivity contribution in [2.24, 2.45) is 0 Å². The minimum atomic E-state index is -0.481. The van der Waals surface area contributed by atoms with Crippen LogP contribution in [0.15, 0.2) is 54.6 Å². The van der Waals surface area contributed by atoms with E-state index in [9.17, 15) is 14.3 Å². The van der Waals surface area contributed by atoms with Gasteiger partial charge in [0.2, 0.25) is 0 Å². The first-order chi connectivity index (χ1) is 13.0. The van der Waals surface area contributed by atoms with Crippen molar-refractivity contribution in [3.05, 3.63) is 77.1 Å². The van der Waals surface area contributed by atoms with Crippen LogP contribution in [0.4, 0.5) is 4.39 Å². The topological polar surface area (TPSA) is 51.5 Å². The highest BCUT2D eigenvalue weighted by Gasteiger charge is 2.21. The Morgan fingerprint density at radius 1 is 1.07 bits per heavy atom. The van der Waals surface area contributed by atoms with Gasteiger partial charge in [0, 0.05) is 10.9 Å². The third-order valence-corrected chi connectivity index (χ3v) is 4.81. The molecule has 1 aromatic heterocycles. The standard InChI is InChI=1S/C22H18FNO3/c1-13-10-18-21(19(25)11-13)20-15(22(26)27-2)7-5-9-17(20)24(18)12-14-6-3-4-8-16(14)23/h3-11,25H,12H2,1-2H3. The number of aromatic nitrogens is 1. The fourth-order valence-corrected chi connectivity index (χ4v) is 3.62. The number of ether oxygens (including phenoxy) is 1. The molecule has 0 saturated carbocycles. The van der Waals surface area contributed by atoms with E-state index in [2.05, 4.69) is 0 Å². The number of hydrogen-bond acceptors (Lipinski definition) is 3. The summed E-state index contributed by atoms with van der Waals surface area (Å²) < 4.78 is 21.1. The predicted octanol–water partition coefficient (Wildman–Crippen LogP) is 4.78. The van der Waals surface area contributed by atoms with E-state index in [1.165, 1.54) is 13.2 Å². The normalized spacial score (nSPS) is 11.2. The van der Waals surface area contributed by atoms with Gasteiger partial charge >= 0.3 is 5.97 Å². The molecular formula is C22H18FNO3. The molecule has 3 aromatic carbocycles. The third kappa shape index (κ3) is 2.72. The molecule has 0 fully saturated rings. The van der Waals surface area contributed by atoms with Gasteiger partial charge in [0.25, 0.3) is 0 Å². The van der Waals surface area contributed by atoms with E-state index >= 15 is 0 Å². The van der Waals surface area contributed by atoms with Crippen LogP contribution < -0.4 is 0 Å². The van der Waals surface area contributed by atoms with Gasteiger partial charge < -0.3 is 14.4 Å². The molecular weight excluding hydrogens is 345 g/mol. The van der Waals surface area contributed by atoms with E-state index < -0.39 is 5.97 Å². The van der Waals surface area contributed by atoms with Crippen LogP contribution in [-0.4, -0.2) is 22.8 Å². The predicted molar refractivity (Wildman–Crippen MR) is 103 cm³/mol. The summed E-state index contributed by atoms with van der Waals surface area (Å²) in [7, 11) is 1.32. The number of nitrogens with zero attached hydrogens (tertiary/aromatic N) is 1. The Hall–Kier alpha value is -3.34. The first kappa shape index (κ1) is 17.1. The summed E-state index contributed by atoms with van der Waals surface area (Å²) in [6.07, 6.45) is 0. The Labute approximate surface area is 155 Å². The van der Waals surface area contributed by atoms with E-state index in [0.717, 1.165) is 16.6 Å². The van der Waals surface area contributed by atoms with Crippen LogP contribution in [0.25, 0.3) is 21.8 Å². The van der Waals surface area contributed by atoms with Crippen LogP contribution in [-0.2, 0) is 11.3 Å². The molecule has 4 aromatic rings. The minimum absolute atomic E-state index is 0.0821. The number of halogens is 1. The zero-order valence-corrected chi connectivity index (χ0v) is 15.0. The number of fused-ring (bicyclic) bond motifs is 3. The van der Waals surface area contributed by atoms with Gasteiger partial charge in [-0.1, -0.05) is 24.3 Å². The molecule has 27 heavy (non-hydrogen) atoms. The first-order valence-corrected chi connectivity index (χ1v) is 8.57. The fourth-order valence-electron chi connectivity index (χ4n) is 3.62. The number of carbonyl (C=O) groups excluding carboxylic acids is 1. The number of aromatic hydroxyl groups is 1. The quantitative estimate of drug-likeness (QED) is 0.533. The number of aryl methyl sites for hydroxylation is 1. The number of rotatable bonds is 3. The third-order valence-electron chi connectivity index (χ3n) is 4.81. The number of esters is 1. The minimum Gasteiger partial charge on any atom is -0.507 e. The van der Waals surface area contributed by atoms with Crippen molar-refractivity contribution in [2.45, 2.75) is 13.5 Å². The largest absolute Gasteiger partial charge is 0.507 e. The maximum Gasteiger partial charge on any atom is 0.338 e.